The lowest BCUT2D eigenvalue weighted by Gasteiger charge is -2.08. The predicted octanol–water partition coefficient (Wildman–Crippen LogP) is 4.22. The summed E-state index contributed by atoms with van der Waals surface area (Å²) < 4.78 is 5.44. The summed E-state index contributed by atoms with van der Waals surface area (Å²) in [7, 11) is 0. The highest BCUT2D eigenvalue weighted by Crippen LogP contribution is 2.29. The van der Waals surface area contributed by atoms with E-state index in [1.165, 1.54) is 0 Å². The Morgan fingerprint density at radius 1 is 0.857 bits per heavy atom. The Balaban J connectivity index is 1.55. The van der Waals surface area contributed by atoms with Gasteiger partial charge < -0.3 is 4.52 Å². The number of hydrogen-bond donors (Lipinski definition) is 2. The first-order valence-electron chi connectivity index (χ1n) is 8.43. The second-order valence-electron chi connectivity index (χ2n) is 6.00. The van der Waals surface area contributed by atoms with Crippen molar-refractivity contribution in [2.24, 2.45) is 0 Å². The molecule has 0 fully saturated rings. The summed E-state index contributed by atoms with van der Waals surface area (Å²) in [5.41, 5.74) is 6.87. The molecule has 138 valence electrons. The number of benzene rings is 3. The van der Waals surface area contributed by atoms with Crippen LogP contribution in [-0.4, -0.2) is 17.0 Å². The Morgan fingerprint density at radius 2 is 1.57 bits per heavy atom. The molecular formula is C21H14ClN3O3. The Labute approximate surface area is 165 Å². The predicted molar refractivity (Wildman–Crippen MR) is 106 cm³/mol. The summed E-state index contributed by atoms with van der Waals surface area (Å²) >= 11 is 5.99. The number of rotatable bonds is 3. The zero-order valence-electron chi connectivity index (χ0n) is 14.5. The topological polar surface area (TPSA) is 84.2 Å². The maximum Gasteiger partial charge on any atom is 0.271 e. The summed E-state index contributed by atoms with van der Waals surface area (Å²) in [6.07, 6.45) is 0. The Morgan fingerprint density at radius 3 is 2.36 bits per heavy atom. The van der Waals surface area contributed by atoms with E-state index in [-0.39, 0.29) is 5.56 Å². The minimum atomic E-state index is -0.505. The molecule has 1 heterocycles. The van der Waals surface area contributed by atoms with Crippen LogP contribution < -0.4 is 10.9 Å². The molecule has 0 spiro atoms. The van der Waals surface area contributed by atoms with Gasteiger partial charge in [0.05, 0.1) is 16.0 Å². The normalized spacial score (nSPS) is 10.6. The molecule has 0 atom stereocenters. The van der Waals surface area contributed by atoms with Crippen molar-refractivity contribution in [1.82, 2.24) is 16.0 Å². The number of halogens is 1. The molecule has 4 aromatic rings. The number of hydrogen-bond acceptors (Lipinski definition) is 4. The van der Waals surface area contributed by atoms with Gasteiger partial charge in [-0.1, -0.05) is 59.2 Å². The molecule has 0 bridgehead atoms. The maximum absolute atomic E-state index is 12.5. The Kier molecular flexibility index (Phi) is 4.78. The van der Waals surface area contributed by atoms with Crippen molar-refractivity contribution in [2.45, 2.75) is 0 Å². The molecule has 7 heteroatoms. The highest BCUT2D eigenvalue weighted by molar-refractivity contribution is 6.33. The number of fused-ring (bicyclic) bond motifs is 1. The van der Waals surface area contributed by atoms with Gasteiger partial charge in [-0.05, 0) is 30.3 Å². The first-order valence-corrected chi connectivity index (χ1v) is 8.81. The van der Waals surface area contributed by atoms with Gasteiger partial charge in [0.1, 0.15) is 5.52 Å². The molecule has 0 unspecified atom stereocenters. The fraction of sp³-hybridized carbons (Fsp3) is 0. The van der Waals surface area contributed by atoms with Crippen molar-refractivity contribution in [3.63, 3.8) is 0 Å². The first kappa shape index (κ1) is 17.8. The molecule has 28 heavy (non-hydrogen) atoms. The molecule has 0 aliphatic carbocycles. The zero-order chi connectivity index (χ0) is 19.5. The third-order valence-electron chi connectivity index (χ3n) is 4.18. The molecule has 2 amide bonds. The van der Waals surface area contributed by atoms with Gasteiger partial charge in [0.2, 0.25) is 0 Å². The van der Waals surface area contributed by atoms with E-state index in [9.17, 15) is 9.59 Å². The van der Waals surface area contributed by atoms with Gasteiger partial charge in [-0.25, -0.2) is 0 Å². The van der Waals surface area contributed by atoms with E-state index in [0.717, 1.165) is 5.56 Å². The Bertz CT molecular complexity index is 1170. The van der Waals surface area contributed by atoms with Gasteiger partial charge in [0.25, 0.3) is 11.8 Å². The Hall–Kier alpha value is -3.64. The molecule has 0 aliphatic heterocycles. The van der Waals surface area contributed by atoms with Gasteiger partial charge in [0, 0.05) is 11.1 Å². The van der Waals surface area contributed by atoms with Crippen LogP contribution in [0.25, 0.3) is 22.2 Å². The number of amides is 2. The number of nitrogens with zero attached hydrogens (tertiary/aromatic N) is 1. The van der Waals surface area contributed by atoms with Gasteiger partial charge >= 0.3 is 0 Å². The van der Waals surface area contributed by atoms with Crippen LogP contribution in [0, 0.1) is 0 Å². The van der Waals surface area contributed by atoms with E-state index in [4.69, 9.17) is 16.1 Å². The van der Waals surface area contributed by atoms with Gasteiger partial charge in [-0.2, -0.15) is 0 Å². The van der Waals surface area contributed by atoms with Crippen LogP contribution >= 0.6 is 11.6 Å². The number of hydrazine groups is 1. The molecule has 1 aromatic heterocycles. The number of aromatic nitrogens is 1. The summed E-state index contributed by atoms with van der Waals surface area (Å²) in [4.78, 5) is 24.6. The van der Waals surface area contributed by atoms with Crippen molar-refractivity contribution in [1.29, 1.82) is 0 Å². The van der Waals surface area contributed by atoms with Crippen LogP contribution in [0.5, 0.6) is 0 Å². The van der Waals surface area contributed by atoms with E-state index >= 15 is 0 Å². The van der Waals surface area contributed by atoms with Crippen molar-refractivity contribution < 1.29 is 14.1 Å². The largest absolute Gasteiger partial charge is 0.355 e. The van der Waals surface area contributed by atoms with E-state index in [1.807, 2.05) is 30.3 Å². The lowest BCUT2D eigenvalue weighted by Crippen LogP contribution is -2.41. The first-order chi connectivity index (χ1) is 13.6. The van der Waals surface area contributed by atoms with Crippen molar-refractivity contribution in [3.8, 4) is 11.3 Å². The van der Waals surface area contributed by atoms with Crippen molar-refractivity contribution in [2.75, 3.05) is 0 Å². The average molecular weight is 392 g/mol. The quantitative estimate of drug-likeness (QED) is 0.512. The fourth-order valence-corrected chi connectivity index (χ4v) is 3.00. The lowest BCUT2D eigenvalue weighted by atomic mass is 10.1. The van der Waals surface area contributed by atoms with Crippen LogP contribution in [0.4, 0.5) is 0 Å². The van der Waals surface area contributed by atoms with Crippen LogP contribution in [-0.2, 0) is 0 Å². The highest BCUT2D eigenvalue weighted by atomic mass is 35.5. The molecule has 6 nitrogen and oxygen atoms in total. The van der Waals surface area contributed by atoms with Crippen LogP contribution in [0.1, 0.15) is 20.7 Å². The zero-order valence-corrected chi connectivity index (χ0v) is 15.2. The lowest BCUT2D eigenvalue weighted by molar-refractivity contribution is 0.0847. The van der Waals surface area contributed by atoms with Gasteiger partial charge in [0.15, 0.2) is 5.76 Å². The minimum Gasteiger partial charge on any atom is -0.355 e. The summed E-state index contributed by atoms with van der Waals surface area (Å²) in [6, 6.07) is 21.0. The van der Waals surface area contributed by atoms with Crippen LogP contribution in [0.3, 0.4) is 0 Å². The third kappa shape index (κ3) is 3.45. The second kappa shape index (κ2) is 7.54. The van der Waals surface area contributed by atoms with E-state index in [2.05, 4.69) is 16.0 Å². The number of carbonyl (C=O) groups excluding carboxylic acids is 2. The maximum atomic E-state index is 12.5. The molecule has 0 saturated heterocycles. The average Bonchev–Trinajstić information content (AvgIpc) is 3.16. The van der Waals surface area contributed by atoms with E-state index in [0.29, 0.717) is 27.2 Å². The van der Waals surface area contributed by atoms with Crippen molar-refractivity contribution >= 4 is 34.3 Å². The highest BCUT2D eigenvalue weighted by Gasteiger charge is 2.15. The SMILES string of the molecule is O=C(NNC(=O)c1ccccc1Cl)c1ccc2noc(-c3ccccc3)c2c1. The smallest absolute Gasteiger partial charge is 0.271 e. The summed E-state index contributed by atoms with van der Waals surface area (Å²) in [5.74, 6) is -0.400. The molecule has 0 saturated carbocycles. The minimum absolute atomic E-state index is 0.269. The molecule has 4 rings (SSSR count). The van der Waals surface area contributed by atoms with Gasteiger partial charge in [-0.15, -0.1) is 0 Å². The number of carbonyl (C=O) groups is 2. The van der Waals surface area contributed by atoms with Crippen molar-refractivity contribution in [3.05, 3.63) is 88.9 Å². The summed E-state index contributed by atoms with van der Waals surface area (Å²) in [6.45, 7) is 0. The monoisotopic (exact) mass is 391 g/mol. The molecule has 2 N–H and O–H groups in total. The van der Waals surface area contributed by atoms with E-state index < -0.39 is 11.8 Å². The van der Waals surface area contributed by atoms with E-state index in [1.54, 1.807) is 42.5 Å². The third-order valence-corrected chi connectivity index (χ3v) is 4.51. The van der Waals surface area contributed by atoms with Gasteiger partial charge in [-0.3, -0.25) is 20.4 Å². The molecule has 3 aromatic carbocycles. The molecule has 0 radical (unpaired) electrons. The van der Waals surface area contributed by atoms with Crippen LogP contribution in [0.2, 0.25) is 5.02 Å². The fourth-order valence-electron chi connectivity index (χ4n) is 2.78. The van der Waals surface area contributed by atoms with Crippen LogP contribution in [0.15, 0.2) is 77.3 Å². The second-order valence-corrected chi connectivity index (χ2v) is 6.40. The number of nitrogens with one attached hydrogen (secondary N) is 2. The standard InChI is InChI=1S/C21H14ClN3O3/c22-17-9-5-4-8-15(17)21(27)24-23-20(26)14-10-11-18-16(12-14)19(28-25-18)13-6-2-1-3-7-13/h1-12H,(H,23,26)(H,24,27). The molecular weight excluding hydrogens is 378 g/mol. The summed E-state index contributed by atoms with van der Waals surface area (Å²) in [5, 5.41) is 5.03. The molecule has 0 aliphatic rings.